The van der Waals surface area contributed by atoms with E-state index in [1.54, 1.807) is 0 Å². The van der Waals surface area contributed by atoms with Crippen LogP contribution in [0.2, 0.25) is 0 Å². The summed E-state index contributed by atoms with van der Waals surface area (Å²) in [6, 6.07) is 5.34. The first-order valence-corrected chi connectivity index (χ1v) is 8.15. The van der Waals surface area contributed by atoms with Gasteiger partial charge in [0, 0.05) is 6.04 Å². The minimum Gasteiger partial charge on any atom is -0.478 e. The minimum absolute atomic E-state index is 0.00385. The lowest BCUT2D eigenvalue weighted by atomic mass is 9.98. The maximum Gasteiger partial charge on any atom is 0.335 e. The van der Waals surface area contributed by atoms with Crippen molar-refractivity contribution in [2.45, 2.75) is 37.6 Å². The van der Waals surface area contributed by atoms with E-state index in [9.17, 15) is 13.2 Å². The highest BCUT2D eigenvalue weighted by molar-refractivity contribution is 7.89. The van der Waals surface area contributed by atoms with Crippen molar-refractivity contribution in [1.29, 1.82) is 0 Å². The average Bonchev–Trinajstić information content (AvgIpc) is 2.70. The number of carboxylic acid groups (broad SMARTS) is 1. The molecule has 0 amide bonds. The number of carbonyl (C=O) groups is 1. The summed E-state index contributed by atoms with van der Waals surface area (Å²) in [6.45, 7) is 4.16. The molecule has 1 aliphatic carbocycles. The highest BCUT2D eigenvalue weighted by Gasteiger charge is 2.33. The molecule has 2 rings (SSSR count). The fourth-order valence-corrected chi connectivity index (χ4v) is 4.00. The molecular formula is C14H19NO4S. The Hall–Kier alpha value is -1.40. The molecule has 0 spiro atoms. The van der Waals surface area contributed by atoms with Crippen molar-refractivity contribution in [3.05, 3.63) is 29.8 Å². The van der Waals surface area contributed by atoms with E-state index in [1.165, 1.54) is 24.3 Å². The van der Waals surface area contributed by atoms with E-state index in [4.69, 9.17) is 5.11 Å². The minimum atomic E-state index is -3.67. The molecule has 3 unspecified atom stereocenters. The van der Waals surface area contributed by atoms with Crippen LogP contribution in [0.4, 0.5) is 0 Å². The van der Waals surface area contributed by atoms with Gasteiger partial charge in [-0.15, -0.1) is 0 Å². The Morgan fingerprint density at radius 1 is 1.30 bits per heavy atom. The number of sulfonamides is 1. The second kappa shape index (κ2) is 5.54. The van der Waals surface area contributed by atoms with Crippen molar-refractivity contribution in [2.24, 2.45) is 11.8 Å². The zero-order valence-corrected chi connectivity index (χ0v) is 12.4. The summed E-state index contributed by atoms with van der Waals surface area (Å²) in [5.41, 5.74) is -0.0271. The van der Waals surface area contributed by atoms with Crippen molar-refractivity contribution >= 4 is 16.0 Å². The molecule has 0 aromatic heterocycles. The lowest BCUT2D eigenvalue weighted by Crippen LogP contribution is -2.37. The molecule has 0 bridgehead atoms. The number of hydrogen-bond acceptors (Lipinski definition) is 3. The van der Waals surface area contributed by atoms with Gasteiger partial charge in [-0.2, -0.15) is 0 Å². The Bertz CT molecular complexity index is 611. The summed E-state index contributed by atoms with van der Waals surface area (Å²) in [5.74, 6) is -0.356. The van der Waals surface area contributed by atoms with Crippen molar-refractivity contribution in [2.75, 3.05) is 0 Å². The summed E-state index contributed by atoms with van der Waals surface area (Å²) >= 11 is 0. The highest BCUT2D eigenvalue weighted by Crippen LogP contribution is 2.32. The molecule has 1 aromatic carbocycles. The summed E-state index contributed by atoms with van der Waals surface area (Å²) in [4.78, 5) is 10.9. The van der Waals surface area contributed by atoms with Crippen LogP contribution in [0.5, 0.6) is 0 Å². The first kappa shape index (κ1) is 15.0. The zero-order chi connectivity index (χ0) is 14.9. The van der Waals surface area contributed by atoms with Gasteiger partial charge in [-0.3, -0.25) is 0 Å². The Kier molecular flexibility index (Phi) is 4.15. The molecule has 0 saturated heterocycles. The van der Waals surface area contributed by atoms with Crippen LogP contribution in [-0.2, 0) is 10.0 Å². The topological polar surface area (TPSA) is 83.5 Å². The monoisotopic (exact) mass is 297 g/mol. The normalized spacial score (nSPS) is 26.6. The van der Waals surface area contributed by atoms with E-state index in [-0.39, 0.29) is 22.4 Å². The number of benzene rings is 1. The lowest BCUT2D eigenvalue weighted by Gasteiger charge is -2.19. The van der Waals surface area contributed by atoms with Gasteiger partial charge in [-0.05, 0) is 42.9 Å². The largest absolute Gasteiger partial charge is 0.478 e. The highest BCUT2D eigenvalue weighted by atomic mass is 32.2. The fourth-order valence-electron chi connectivity index (χ4n) is 2.59. The maximum atomic E-state index is 12.3. The smallest absolute Gasteiger partial charge is 0.335 e. The summed E-state index contributed by atoms with van der Waals surface area (Å²) in [5, 5.41) is 8.92. The summed E-state index contributed by atoms with van der Waals surface area (Å²) in [6.07, 6.45) is 1.82. The zero-order valence-electron chi connectivity index (χ0n) is 11.5. The van der Waals surface area contributed by atoms with E-state index >= 15 is 0 Å². The molecule has 0 aliphatic heterocycles. The number of rotatable bonds is 4. The quantitative estimate of drug-likeness (QED) is 0.891. The standard InChI is InChI=1S/C14H19NO4S/c1-9-6-7-13(10(9)2)15-20(18,19)12-5-3-4-11(8-12)14(16)17/h3-5,8-10,13,15H,6-7H2,1-2H3,(H,16,17). The number of aromatic carboxylic acids is 1. The third kappa shape index (κ3) is 3.02. The van der Waals surface area contributed by atoms with Crippen LogP contribution in [0.15, 0.2) is 29.2 Å². The number of hydrogen-bond donors (Lipinski definition) is 2. The van der Waals surface area contributed by atoms with Gasteiger partial charge >= 0.3 is 5.97 Å². The molecule has 1 saturated carbocycles. The van der Waals surface area contributed by atoms with Gasteiger partial charge in [0.15, 0.2) is 0 Å². The van der Waals surface area contributed by atoms with Gasteiger partial charge in [0.2, 0.25) is 10.0 Å². The van der Waals surface area contributed by atoms with Gasteiger partial charge in [0.25, 0.3) is 0 Å². The Balaban J connectivity index is 2.23. The molecule has 1 aromatic rings. The predicted molar refractivity (Wildman–Crippen MR) is 75.1 cm³/mol. The van der Waals surface area contributed by atoms with E-state index in [1.807, 2.05) is 6.92 Å². The molecular weight excluding hydrogens is 278 g/mol. The first-order chi connectivity index (χ1) is 9.31. The van der Waals surface area contributed by atoms with Crippen LogP contribution in [-0.4, -0.2) is 25.5 Å². The van der Waals surface area contributed by atoms with E-state index in [0.717, 1.165) is 12.8 Å². The van der Waals surface area contributed by atoms with Gasteiger partial charge in [0.05, 0.1) is 10.5 Å². The van der Waals surface area contributed by atoms with Gasteiger partial charge < -0.3 is 5.11 Å². The fraction of sp³-hybridized carbons (Fsp3) is 0.500. The molecule has 20 heavy (non-hydrogen) atoms. The van der Waals surface area contributed by atoms with Crippen molar-refractivity contribution in [3.8, 4) is 0 Å². The van der Waals surface area contributed by atoms with Gasteiger partial charge in [-0.1, -0.05) is 19.9 Å². The van der Waals surface area contributed by atoms with Crippen LogP contribution >= 0.6 is 0 Å². The number of carboxylic acids is 1. The molecule has 5 nitrogen and oxygen atoms in total. The first-order valence-electron chi connectivity index (χ1n) is 6.67. The Labute approximate surface area is 119 Å². The molecule has 3 atom stereocenters. The lowest BCUT2D eigenvalue weighted by molar-refractivity contribution is 0.0696. The van der Waals surface area contributed by atoms with E-state index in [2.05, 4.69) is 11.6 Å². The van der Waals surface area contributed by atoms with Crippen LogP contribution in [0.1, 0.15) is 37.0 Å². The van der Waals surface area contributed by atoms with Crippen LogP contribution < -0.4 is 4.72 Å². The second-order valence-electron chi connectivity index (χ2n) is 5.47. The van der Waals surface area contributed by atoms with E-state index < -0.39 is 16.0 Å². The van der Waals surface area contributed by atoms with Crippen molar-refractivity contribution in [3.63, 3.8) is 0 Å². The molecule has 1 fully saturated rings. The van der Waals surface area contributed by atoms with Crippen molar-refractivity contribution in [1.82, 2.24) is 4.72 Å². The summed E-state index contributed by atoms with van der Waals surface area (Å²) in [7, 11) is -3.67. The van der Waals surface area contributed by atoms with Crippen LogP contribution in [0.3, 0.4) is 0 Å². The second-order valence-corrected chi connectivity index (χ2v) is 7.19. The van der Waals surface area contributed by atoms with Gasteiger partial charge in [0.1, 0.15) is 0 Å². The predicted octanol–water partition coefficient (Wildman–Crippen LogP) is 2.10. The van der Waals surface area contributed by atoms with Crippen molar-refractivity contribution < 1.29 is 18.3 Å². The molecule has 110 valence electrons. The Morgan fingerprint density at radius 2 is 2.00 bits per heavy atom. The average molecular weight is 297 g/mol. The van der Waals surface area contributed by atoms with Crippen LogP contribution in [0, 0.1) is 11.8 Å². The number of nitrogens with one attached hydrogen (secondary N) is 1. The summed E-state index contributed by atoms with van der Waals surface area (Å²) < 4.78 is 27.3. The van der Waals surface area contributed by atoms with E-state index in [0.29, 0.717) is 5.92 Å². The molecule has 0 radical (unpaired) electrons. The molecule has 2 N–H and O–H groups in total. The maximum absolute atomic E-state index is 12.3. The third-order valence-electron chi connectivity index (χ3n) is 4.16. The molecule has 0 heterocycles. The molecule has 1 aliphatic rings. The Morgan fingerprint density at radius 3 is 2.55 bits per heavy atom. The third-order valence-corrected chi connectivity index (χ3v) is 5.65. The SMILES string of the molecule is CC1CCC(NS(=O)(=O)c2cccc(C(=O)O)c2)C1C. The van der Waals surface area contributed by atoms with Crippen LogP contribution in [0.25, 0.3) is 0 Å². The van der Waals surface area contributed by atoms with Gasteiger partial charge in [-0.25, -0.2) is 17.9 Å². The molecule has 6 heteroatoms.